The van der Waals surface area contributed by atoms with Crippen LogP contribution in [0.15, 0.2) is 12.2 Å². The molecule has 1 fully saturated rings. The summed E-state index contributed by atoms with van der Waals surface area (Å²) in [5.74, 6) is -0.696. The zero-order valence-electron chi connectivity index (χ0n) is 8.55. The summed E-state index contributed by atoms with van der Waals surface area (Å²) in [4.78, 5) is 22.8. The predicted octanol–water partition coefficient (Wildman–Crippen LogP) is 0.774. The molecule has 1 aliphatic heterocycles. The third-order valence-electron chi connectivity index (χ3n) is 2.44. The van der Waals surface area contributed by atoms with E-state index in [1.807, 2.05) is 6.92 Å². The highest BCUT2D eigenvalue weighted by atomic mass is 16.6. The van der Waals surface area contributed by atoms with Crippen molar-refractivity contribution in [2.75, 3.05) is 6.54 Å². The van der Waals surface area contributed by atoms with Crippen molar-refractivity contribution in [2.24, 2.45) is 0 Å². The van der Waals surface area contributed by atoms with Gasteiger partial charge in [0.15, 0.2) is 5.60 Å². The van der Waals surface area contributed by atoms with Crippen molar-refractivity contribution < 1.29 is 14.3 Å². The van der Waals surface area contributed by atoms with Crippen molar-refractivity contribution in [3.8, 4) is 0 Å². The number of carbonyl (C=O) groups is 2. The van der Waals surface area contributed by atoms with Gasteiger partial charge < -0.3 is 10.1 Å². The first-order chi connectivity index (χ1) is 6.52. The number of nitrogens with one attached hydrogen (secondary N) is 1. The smallest absolute Gasteiger partial charge is 0.334 e. The Kier molecular flexibility index (Phi) is 2.93. The van der Waals surface area contributed by atoms with Gasteiger partial charge >= 0.3 is 5.97 Å². The highest BCUT2D eigenvalue weighted by Gasteiger charge is 2.44. The molecule has 0 radical (unpaired) electrons. The van der Waals surface area contributed by atoms with Crippen LogP contribution in [0.1, 0.15) is 26.7 Å². The van der Waals surface area contributed by atoms with Gasteiger partial charge in [-0.05, 0) is 13.3 Å². The molecule has 0 aromatic carbocycles. The summed E-state index contributed by atoms with van der Waals surface area (Å²) in [5.41, 5.74) is -0.645. The lowest BCUT2D eigenvalue weighted by Crippen LogP contribution is -2.42. The van der Waals surface area contributed by atoms with Gasteiger partial charge in [0, 0.05) is 18.5 Å². The molecule has 0 aromatic rings. The fourth-order valence-corrected chi connectivity index (χ4v) is 1.42. The Morgan fingerprint density at radius 2 is 2.36 bits per heavy atom. The molecule has 0 spiro atoms. The first-order valence-electron chi connectivity index (χ1n) is 4.69. The van der Waals surface area contributed by atoms with Gasteiger partial charge in [0.1, 0.15) is 0 Å². The Hall–Kier alpha value is -1.32. The number of hydrogen-bond acceptors (Lipinski definition) is 3. The van der Waals surface area contributed by atoms with Gasteiger partial charge in [0.2, 0.25) is 0 Å². The SMILES string of the molecule is C=C(C)C(=O)OC1(CC)CCNC1=O. The van der Waals surface area contributed by atoms with Crippen LogP contribution >= 0.6 is 0 Å². The summed E-state index contributed by atoms with van der Waals surface area (Å²) in [6.45, 7) is 7.44. The normalized spacial score (nSPS) is 25.7. The Morgan fingerprint density at radius 3 is 2.71 bits per heavy atom. The summed E-state index contributed by atoms with van der Waals surface area (Å²) in [7, 11) is 0. The van der Waals surface area contributed by atoms with Crippen LogP contribution in [0, 0.1) is 0 Å². The lowest BCUT2D eigenvalue weighted by atomic mass is 9.99. The number of amides is 1. The molecule has 1 unspecified atom stereocenters. The Bertz CT molecular complexity index is 285. The second-order valence-corrected chi connectivity index (χ2v) is 3.52. The first kappa shape index (κ1) is 10.8. The number of ether oxygens (including phenoxy) is 1. The summed E-state index contributed by atoms with van der Waals surface area (Å²) in [6.07, 6.45) is 1.04. The molecule has 14 heavy (non-hydrogen) atoms. The molecule has 1 rings (SSSR count). The summed E-state index contributed by atoms with van der Waals surface area (Å²) in [5, 5.41) is 2.66. The summed E-state index contributed by atoms with van der Waals surface area (Å²) >= 11 is 0. The minimum absolute atomic E-state index is 0.199. The molecule has 78 valence electrons. The third-order valence-corrected chi connectivity index (χ3v) is 2.44. The molecule has 1 aliphatic rings. The number of carbonyl (C=O) groups excluding carboxylic acids is 2. The molecule has 4 nitrogen and oxygen atoms in total. The van der Waals surface area contributed by atoms with Gasteiger partial charge in [0.25, 0.3) is 5.91 Å². The zero-order chi connectivity index (χ0) is 10.8. The molecular weight excluding hydrogens is 182 g/mol. The van der Waals surface area contributed by atoms with Crippen molar-refractivity contribution in [3.63, 3.8) is 0 Å². The average molecular weight is 197 g/mol. The van der Waals surface area contributed by atoms with E-state index in [0.717, 1.165) is 0 Å². The largest absolute Gasteiger partial charge is 0.446 e. The van der Waals surface area contributed by atoms with Crippen LogP contribution in [-0.2, 0) is 14.3 Å². The second-order valence-electron chi connectivity index (χ2n) is 3.52. The fourth-order valence-electron chi connectivity index (χ4n) is 1.42. The molecule has 1 atom stereocenters. The quantitative estimate of drug-likeness (QED) is 0.537. The minimum atomic E-state index is -0.962. The molecular formula is C10H15NO3. The van der Waals surface area contributed by atoms with Crippen molar-refractivity contribution in [3.05, 3.63) is 12.2 Å². The monoisotopic (exact) mass is 197 g/mol. The van der Waals surface area contributed by atoms with E-state index in [4.69, 9.17) is 4.74 Å². The molecule has 1 saturated heterocycles. The Balaban J connectivity index is 2.76. The van der Waals surface area contributed by atoms with Crippen LogP contribution in [0.4, 0.5) is 0 Å². The van der Waals surface area contributed by atoms with E-state index in [1.165, 1.54) is 0 Å². The topological polar surface area (TPSA) is 55.4 Å². The predicted molar refractivity (Wildman–Crippen MR) is 51.6 cm³/mol. The number of rotatable bonds is 3. The van der Waals surface area contributed by atoms with E-state index < -0.39 is 11.6 Å². The van der Waals surface area contributed by atoms with Crippen LogP contribution in [0.25, 0.3) is 0 Å². The van der Waals surface area contributed by atoms with Gasteiger partial charge in [-0.15, -0.1) is 0 Å². The van der Waals surface area contributed by atoms with Crippen LogP contribution in [0.2, 0.25) is 0 Å². The van der Waals surface area contributed by atoms with Crippen molar-refractivity contribution in [2.45, 2.75) is 32.3 Å². The van der Waals surface area contributed by atoms with Crippen LogP contribution in [0.5, 0.6) is 0 Å². The highest BCUT2D eigenvalue weighted by molar-refractivity contribution is 5.93. The van der Waals surface area contributed by atoms with Crippen LogP contribution in [-0.4, -0.2) is 24.0 Å². The third kappa shape index (κ3) is 1.78. The van der Waals surface area contributed by atoms with E-state index in [1.54, 1.807) is 6.92 Å². The van der Waals surface area contributed by atoms with E-state index in [-0.39, 0.29) is 5.91 Å². The maximum absolute atomic E-state index is 11.5. The molecule has 0 aliphatic carbocycles. The first-order valence-corrected chi connectivity index (χ1v) is 4.69. The molecule has 1 amide bonds. The maximum Gasteiger partial charge on any atom is 0.334 e. The van der Waals surface area contributed by atoms with E-state index in [0.29, 0.717) is 25.0 Å². The molecule has 1 N–H and O–H groups in total. The average Bonchev–Trinajstić information content (AvgIpc) is 2.48. The Labute approximate surface area is 83.3 Å². The zero-order valence-corrected chi connectivity index (χ0v) is 8.55. The van der Waals surface area contributed by atoms with E-state index in [9.17, 15) is 9.59 Å². The molecule has 0 bridgehead atoms. The number of esters is 1. The molecule has 0 saturated carbocycles. The maximum atomic E-state index is 11.5. The van der Waals surface area contributed by atoms with Crippen molar-refractivity contribution >= 4 is 11.9 Å². The van der Waals surface area contributed by atoms with Crippen LogP contribution < -0.4 is 5.32 Å². The standard InChI is InChI=1S/C10H15NO3/c1-4-10(5-6-11-9(10)13)14-8(12)7(2)3/h2,4-6H2,1,3H3,(H,11,13). The molecule has 0 aromatic heterocycles. The molecule has 4 heteroatoms. The van der Waals surface area contributed by atoms with Crippen LogP contribution in [0.3, 0.4) is 0 Å². The van der Waals surface area contributed by atoms with Gasteiger partial charge in [-0.25, -0.2) is 4.79 Å². The van der Waals surface area contributed by atoms with E-state index >= 15 is 0 Å². The Morgan fingerprint density at radius 1 is 1.71 bits per heavy atom. The second kappa shape index (κ2) is 3.82. The van der Waals surface area contributed by atoms with Gasteiger partial charge in [0.05, 0.1) is 0 Å². The lowest BCUT2D eigenvalue weighted by molar-refractivity contribution is -0.162. The van der Waals surface area contributed by atoms with Crippen molar-refractivity contribution in [1.29, 1.82) is 0 Å². The highest BCUT2D eigenvalue weighted by Crippen LogP contribution is 2.25. The van der Waals surface area contributed by atoms with Crippen molar-refractivity contribution in [1.82, 2.24) is 5.32 Å². The van der Waals surface area contributed by atoms with E-state index in [2.05, 4.69) is 11.9 Å². The summed E-state index contributed by atoms with van der Waals surface area (Å²) in [6, 6.07) is 0. The fraction of sp³-hybridized carbons (Fsp3) is 0.600. The minimum Gasteiger partial charge on any atom is -0.446 e. The lowest BCUT2D eigenvalue weighted by Gasteiger charge is -2.24. The van der Waals surface area contributed by atoms with Gasteiger partial charge in [-0.2, -0.15) is 0 Å². The van der Waals surface area contributed by atoms with Gasteiger partial charge in [-0.3, -0.25) is 4.79 Å². The summed E-state index contributed by atoms with van der Waals surface area (Å²) < 4.78 is 5.17. The van der Waals surface area contributed by atoms with Gasteiger partial charge in [-0.1, -0.05) is 13.5 Å². The number of hydrogen-bond donors (Lipinski definition) is 1. The molecule has 1 heterocycles.